The van der Waals surface area contributed by atoms with E-state index in [-0.39, 0.29) is 5.41 Å². The second kappa shape index (κ2) is 4.88. The van der Waals surface area contributed by atoms with Gasteiger partial charge in [-0.3, -0.25) is 0 Å². The summed E-state index contributed by atoms with van der Waals surface area (Å²) >= 11 is 0. The van der Waals surface area contributed by atoms with E-state index in [1.807, 2.05) is 6.08 Å². The van der Waals surface area contributed by atoms with E-state index in [4.69, 9.17) is 0 Å². The molecule has 0 bridgehead atoms. The van der Waals surface area contributed by atoms with Gasteiger partial charge in [0.2, 0.25) is 0 Å². The van der Waals surface area contributed by atoms with Crippen LogP contribution in [0.15, 0.2) is 23.5 Å². The highest BCUT2D eigenvalue weighted by atomic mass is 16.3. The van der Waals surface area contributed by atoms with Crippen molar-refractivity contribution < 1.29 is 5.11 Å². The number of hydrogen-bond donors (Lipinski definition) is 1. The van der Waals surface area contributed by atoms with E-state index in [0.29, 0.717) is 17.1 Å². The summed E-state index contributed by atoms with van der Waals surface area (Å²) in [7, 11) is 0. The minimum absolute atomic E-state index is 0.108. The molecule has 1 rings (SSSR count). The Morgan fingerprint density at radius 2 is 1.76 bits per heavy atom. The Morgan fingerprint density at radius 1 is 1.18 bits per heavy atom. The molecule has 0 saturated carbocycles. The number of rotatable bonds is 4. The molecule has 0 amide bonds. The lowest BCUT2D eigenvalue weighted by atomic mass is 9.67. The Morgan fingerprint density at radius 3 is 2.24 bits per heavy atom. The third-order valence-electron chi connectivity index (χ3n) is 4.84. The molecule has 98 valence electrons. The van der Waals surface area contributed by atoms with Gasteiger partial charge in [0.1, 0.15) is 5.76 Å². The van der Waals surface area contributed by atoms with Crippen molar-refractivity contribution in [1.29, 1.82) is 0 Å². The fourth-order valence-corrected chi connectivity index (χ4v) is 2.34. The van der Waals surface area contributed by atoms with E-state index in [1.165, 1.54) is 12.0 Å². The number of hydrogen-bond acceptors (Lipinski definition) is 1. The molecule has 17 heavy (non-hydrogen) atoms. The molecule has 0 fully saturated rings. The molecule has 0 aromatic carbocycles. The quantitative estimate of drug-likeness (QED) is 0.707. The fraction of sp³-hybridized carbons (Fsp3) is 0.750. The van der Waals surface area contributed by atoms with Gasteiger partial charge in [-0.15, -0.1) is 0 Å². The van der Waals surface area contributed by atoms with E-state index in [0.717, 1.165) is 12.8 Å². The minimum atomic E-state index is 0.108. The van der Waals surface area contributed by atoms with Crippen LogP contribution in [-0.2, 0) is 0 Å². The molecule has 0 aliphatic heterocycles. The average molecular weight is 236 g/mol. The second-order valence-corrected chi connectivity index (χ2v) is 6.61. The summed E-state index contributed by atoms with van der Waals surface area (Å²) in [6.45, 7) is 13.5. The molecule has 1 aliphatic rings. The summed E-state index contributed by atoms with van der Waals surface area (Å²) in [6.07, 6.45) is 7.35. The zero-order chi connectivity index (χ0) is 13.3. The Labute approximate surface area is 107 Å². The predicted octanol–water partition coefficient (Wildman–Crippen LogP) is 5.25. The maximum absolute atomic E-state index is 10.1. The van der Waals surface area contributed by atoms with E-state index in [9.17, 15) is 5.11 Å². The molecule has 1 N–H and O–H groups in total. The zero-order valence-electron chi connectivity index (χ0n) is 12.3. The molecule has 1 unspecified atom stereocenters. The summed E-state index contributed by atoms with van der Waals surface area (Å²) < 4.78 is 0. The van der Waals surface area contributed by atoms with Gasteiger partial charge in [0.25, 0.3) is 0 Å². The summed E-state index contributed by atoms with van der Waals surface area (Å²) in [6, 6.07) is 0. The first-order valence-corrected chi connectivity index (χ1v) is 6.85. The maximum Gasteiger partial charge on any atom is 0.115 e. The first kappa shape index (κ1) is 14.3. The second-order valence-electron chi connectivity index (χ2n) is 6.61. The van der Waals surface area contributed by atoms with Crippen molar-refractivity contribution in [2.24, 2.45) is 16.7 Å². The van der Waals surface area contributed by atoms with E-state index in [1.54, 1.807) is 0 Å². The van der Waals surface area contributed by atoms with Crippen LogP contribution in [0.4, 0.5) is 0 Å². The lowest BCUT2D eigenvalue weighted by molar-refractivity contribution is 0.223. The SMILES string of the molecule is CCC(C)(C)C1=C(O)C=CC(C(C)(C)CC)C1. The third-order valence-corrected chi connectivity index (χ3v) is 4.84. The van der Waals surface area contributed by atoms with Crippen molar-refractivity contribution in [1.82, 2.24) is 0 Å². The van der Waals surface area contributed by atoms with Gasteiger partial charge in [0.05, 0.1) is 0 Å². The van der Waals surface area contributed by atoms with Crippen LogP contribution < -0.4 is 0 Å². The van der Waals surface area contributed by atoms with Gasteiger partial charge in [-0.05, 0) is 41.2 Å². The van der Waals surface area contributed by atoms with E-state index < -0.39 is 0 Å². The summed E-state index contributed by atoms with van der Waals surface area (Å²) in [5.74, 6) is 1.05. The molecule has 1 atom stereocenters. The van der Waals surface area contributed by atoms with Gasteiger partial charge in [-0.1, -0.05) is 54.0 Å². The topological polar surface area (TPSA) is 20.2 Å². The lowest BCUT2D eigenvalue weighted by Crippen LogP contribution is -2.28. The molecular weight excluding hydrogens is 208 g/mol. The van der Waals surface area contributed by atoms with E-state index >= 15 is 0 Å². The van der Waals surface area contributed by atoms with Gasteiger partial charge in [-0.2, -0.15) is 0 Å². The molecule has 0 spiro atoms. The van der Waals surface area contributed by atoms with Gasteiger partial charge in [-0.25, -0.2) is 0 Å². The first-order valence-electron chi connectivity index (χ1n) is 6.85. The normalized spacial score (nSPS) is 22.1. The monoisotopic (exact) mass is 236 g/mol. The first-order chi connectivity index (χ1) is 7.74. The Kier molecular flexibility index (Phi) is 4.11. The van der Waals surface area contributed by atoms with Gasteiger partial charge in [0, 0.05) is 0 Å². The van der Waals surface area contributed by atoms with Crippen molar-refractivity contribution in [2.45, 2.75) is 60.8 Å². The van der Waals surface area contributed by atoms with Crippen molar-refractivity contribution in [3.63, 3.8) is 0 Å². The van der Waals surface area contributed by atoms with Crippen molar-refractivity contribution in [2.75, 3.05) is 0 Å². The van der Waals surface area contributed by atoms with Crippen LogP contribution in [0.1, 0.15) is 60.8 Å². The molecule has 0 radical (unpaired) electrons. The Balaban J connectivity index is 2.98. The van der Waals surface area contributed by atoms with Crippen LogP contribution in [0.25, 0.3) is 0 Å². The highest BCUT2D eigenvalue weighted by Gasteiger charge is 2.34. The van der Waals surface area contributed by atoms with E-state index in [2.05, 4.69) is 47.6 Å². The highest BCUT2D eigenvalue weighted by molar-refractivity contribution is 5.30. The number of aliphatic hydroxyl groups excluding tert-OH is 1. The molecule has 1 aliphatic carbocycles. The van der Waals surface area contributed by atoms with Gasteiger partial charge < -0.3 is 5.11 Å². The van der Waals surface area contributed by atoms with Crippen LogP contribution in [0.5, 0.6) is 0 Å². The van der Waals surface area contributed by atoms with Crippen LogP contribution in [-0.4, -0.2) is 5.11 Å². The lowest BCUT2D eigenvalue weighted by Gasteiger charge is -2.38. The van der Waals surface area contributed by atoms with Crippen molar-refractivity contribution in [3.05, 3.63) is 23.5 Å². The third kappa shape index (κ3) is 2.94. The van der Waals surface area contributed by atoms with Crippen LogP contribution in [0, 0.1) is 16.7 Å². The van der Waals surface area contributed by atoms with Crippen LogP contribution in [0.2, 0.25) is 0 Å². The number of allylic oxidation sites excluding steroid dienone is 3. The Hall–Kier alpha value is -0.720. The van der Waals surface area contributed by atoms with Crippen LogP contribution >= 0.6 is 0 Å². The summed E-state index contributed by atoms with van der Waals surface area (Å²) in [4.78, 5) is 0. The van der Waals surface area contributed by atoms with Crippen LogP contribution in [0.3, 0.4) is 0 Å². The molecule has 0 saturated heterocycles. The van der Waals surface area contributed by atoms with Gasteiger partial charge >= 0.3 is 0 Å². The molecule has 0 aromatic rings. The smallest absolute Gasteiger partial charge is 0.115 e. The summed E-state index contributed by atoms with van der Waals surface area (Å²) in [5.41, 5.74) is 1.65. The number of aliphatic hydroxyl groups is 1. The van der Waals surface area contributed by atoms with Gasteiger partial charge in [0.15, 0.2) is 0 Å². The standard InChI is InChI=1S/C16H28O/c1-7-15(3,4)12-9-10-14(17)13(11-12)16(5,6)8-2/h9-10,12,17H,7-8,11H2,1-6H3. The average Bonchev–Trinajstić information content (AvgIpc) is 2.29. The minimum Gasteiger partial charge on any atom is -0.508 e. The Bertz CT molecular complexity index is 331. The highest BCUT2D eigenvalue weighted by Crippen LogP contribution is 2.44. The molecule has 0 aromatic heterocycles. The predicted molar refractivity (Wildman–Crippen MR) is 75.0 cm³/mol. The largest absolute Gasteiger partial charge is 0.508 e. The zero-order valence-corrected chi connectivity index (χ0v) is 12.3. The van der Waals surface area contributed by atoms with Crippen molar-refractivity contribution >= 4 is 0 Å². The fourth-order valence-electron chi connectivity index (χ4n) is 2.34. The van der Waals surface area contributed by atoms with Crippen molar-refractivity contribution in [3.8, 4) is 0 Å². The molecule has 1 heteroatoms. The molecule has 0 heterocycles. The summed E-state index contributed by atoms with van der Waals surface area (Å²) in [5, 5.41) is 10.1. The molecular formula is C16H28O. The molecule has 1 nitrogen and oxygen atoms in total. The maximum atomic E-state index is 10.1.